The van der Waals surface area contributed by atoms with Crippen LogP contribution < -0.4 is 5.32 Å². The first kappa shape index (κ1) is 15.3. The van der Waals surface area contributed by atoms with E-state index in [9.17, 15) is 4.79 Å². The maximum atomic E-state index is 11.8. The van der Waals surface area contributed by atoms with Crippen molar-refractivity contribution in [1.29, 1.82) is 0 Å². The number of halogens is 1. The van der Waals surface area contributed by atoms with Gasteiger partial charge in [0.1, 0.15) is 6.04 Å². The molecule has 5 nitrogen and oxygen atoms in total. The van der Waals surface area contributed by atoms with Crippen LogP contribution in [-0.4, -0.2) is 16.0 Å². The molecule has 122 valence electrons. The van der Waals surface area contributed by atoms with Crippen molar-refractivity contribution in [3.63, 3.8) is 0 Å². The Hall–Kier alpha value is -1.21. The second-order valence-electron chi connectivity index (χ2n) is 6.36. The molecule has 1 aliphatic heterocycles. The molecule has 0 aromatic carbocycles. The van der Waals surface area contributed by atoms with E-state index < -0.39 is 0 Å². The number of carbonyl (C=O) groups excluding carboxylic acids is 1. The molecule has 7 heteroatoms. The summed E-state index contributed by atoms with van der Waals surface area (Å²) in [5, 5.41) is 7.28. The molecule has 3 heterocycles. The molecule has 1 atom stereocenters. The number of amides is 1. The zero-order chi connectivity index (χ0) is 15.9. The van der Waals surface area contributed by atoms with Crippen LogP contribution in [0, 0.1) is 0 Å². The van der Waals surface area contributed by atoms with E-state index in [4.69, 9.17) is 4.52 Å². The highest BCUT2D eigenvalue weighted by atomic mass is 79.9. The smallest absolute Gasteiger partial charge is 0.249 e. The van der Waals surface area contributed by atoms with Gasteiger partial charge in [-0.2, -0.15) is 4.98 Å². The lowest BCUT2D eigenvalue weighted by molar-refractivity contribution is -0.121. The predicted octanol–water partition coefficient (Wildman–Crippen LogP) is 4.09. The number of carbonyl (C=O) groups is 1. The molecule has 0 unspecified atom stereocenters. The van der Waals surface area contributed by atoms with Crippen LogP contribution in [0.3, 0.4) is 0 Å². The van der Waals surface area contributed by atoms with Crippen LogP contribution in [0.4, 0.5) is 0 Å². The number of nitrogens with one attached hydrogen (secondary N) is 1. The first-order chi connectivity index (χ1) is 11.2. The largest absolute Gasteiger partial charge is 0.344 e. The van der Waals surface area contributed by atoms with Gasteiger partial charge in [0.15, 0.2) is 5.82 Å². The highest BCUT2D eigenvalue weighted by Crippen LogP contribution is 2.50. The lowest BCUT2D eigenvalue weighted by Crippen LogP contribution is -2.36. The van der Waals surface area contributed by atoms with Crippen molar-refractivity contribution < 1.29 is 9.32 Å². The van der Waals surface area contributed by atoms with E-state index in [1.165, 1.54) is 11.3 Å². The molecule has 1 amide bonds. The lowest BCUT2D eigenvalue weighted by atomic mass is 9.67. The molecule has 1 aliphatic carbocycles. The van der Waals surface area contributed by atoms with Crippen molar-refractivity contribution in [2.75, 3.05) is 0 Å². The summed E-state index contributed by atoms with van der Waals surface area (Å²) in [7, 11) is 0. The summed E-state index contributed by atoms with van der Waals surface area (Å²) in [5.74, 6) is 1.40. The molecule has 23 heavy (non-hydrogen) atoms. The summed E-state index contributed by atoms with van der Waals surface area (Å²) in [4.78, 5) is 17.7. The SMILES string of the molecule is O=C1CCCC[C@H](c2nc(C3(c4ccc(Br)s4)CCC3)no2)N1. The third kappa shape index (κ3) is 2.74. The van der Waals surface area contributed by atoms with Gasteiger partial charge < -0.3 is 9.84 Å². The Bertz CT molecular complexity index is 722. The molecule has 0 bridgehead atoms. The summed E-state index contributed by atoms with van der Waals surface area (Å²) in [6, 6.07) is 4.09. The van der Waals surface area contributed by atoms with Gasteiger partial charge >= 0.3 is 0 Å². The predicted molar refractivity (Wildman–Crippen MR) is 90.3 cm³/mol. The average Bonchev–Trinajstić information content (AvgIpc) is 3.07. The monoisotopic (exact) mass is 395 g/mol. The van der Waals surface area contributed by atoms with Gasteiger partial charge in [-0.25, -0.2) is 0 Å². The molecular weight excluding hydrogens is 378 g/mol. The minimum Gasteiger partial charge on any atom is -0.344 e. The second-order valence-corrected chi connectivity index (χ2v) is 8.82. The molecule has 2 aromatic heterocycles. The van der Waals surface area contributed by atoms with E-state index in [1.807, 2.05) is 0 Å². The highest BCUT2D eigenvalue weighted by molar-refractivity contribution is 9.11. The van der Waals surface area contributed by atoms with Crippen molar-refractivity contribution >= 4 is 33.2 Å². The normalized spacial score (nSPS) is 23.9. The van der Waals surface area contributed by atoms with E-state index >= 15 is 0 Å². The first-order valence-electron chi connectivity index (χ1n) is 8.07. The molecule has 0 radical (unpaired) electrons. The number of nitrogens with zero attached hydrogens (tertiary/aromatic N) is 2. The van der Waals surface area contributed by atoms with Gasteiger partial charge in [-0.15, -0.1) is 11.3 Å². The Morgan fingerprint density at radius 3 is 2.87 bits per heavy atom. The molecular formula is C16H18BrN3O2S. The van der Waals surface area contributed by atoms with Crippen molar-refractivity contribution in [1.82, 2.24) is 15.5 Å². The maximum Gasteiger partial charge on any atom is 0.249 e. The molecule has 4 rings (SSSR count). The van der Waals surface area contributed by atoms with E-state index in [1.54, 1.807) is 11.3 Å². The third-order valence-electron chi connectivity index (χ3n) is 4.90. The topological polar surface area (TPSA) is 68.0 Å². The summed E-state index contributed by atoms with van der Waals surface area (Å²) < 4.78 is 6.66. The number of hydrogen-bond acceptors (Lipinski definition) is 5. The molecule has 2 fully saturated rings. The lowest BCUT2D eigenvalue weighted by Gasteiger charge is -2.38. The van der Waals surface area contributed by atoms with Crippen LogP contribution >= 0.6 is 27.3 Å². The number of rotatable bonds is 3. The maximum absolute atomic E-state index is 11.8. The van der Waals surface area contributed by atoms with Crippen molar-refractivity contribution in [2.24, 2.45) is 0 Å². The Morgan fingerprint density at radius 2 is 2.17 bits per heavy atom. The van der Waals surface area contributed by atoms with Gasteiger partial charge in [0.2, 0.25) is 11.8 Å². The summed E-state index contributed by atoms with van der Waals surface area (Å²) in [5.41, 5.74) is -0.104. The van der Waals surface area contributed by atoms with E-state index in [2.05, 4.69) is 43.5 Å². The van der Waals surface area contributed by atoms with Crippen LogP contribution in [0.2, 0.25) is 0 Å². The van der Waals surface area contributed by atoms with Crippen LogP contribution in [0.5, 0.6) is 0 Å². The Labute approximate surface area is 147 Å². The Kier molecular flexibility index (Phi) is 4.01. The number of thiophene rings is 1. The van der Waals surface area contributed by atoms with E-state index in [0.717, 1.165) is 41.7 Å². The summed E-state index contributed by atoms with van der Waals surface area (Å²) >= 11 is 5.28. The third-order valence-corrected chi connectivity index (χ3v) is 6.73. The minimum absolute atomic E-state index is 0.0767. The van der Waals surface area contributed by atoms with Crippen molar-refractivity contribution in [2.45, 2.75) is 56.4 Å². The highest BCUT2D eigenvalue weighted by Gasteiger charge is 2.46. The van der Waals surface area contributed by atoms with Gasteiger partial charge in [0.25, 0.3) is 0 Å². The fraction of sp³-hybridized carbons (Fsp3) is 0.562. The molecule has 1 saturated heterocycles. The van der Waals surface area contributed by atoms with E-state index in [0.29, 0.717) is 12.3 Å². The van der Waals surface area contributed by atoms with Crippen molar-refractivity contribution in [3.05, 3.63) is 32.5 Å². The molecule has 1 N–H and O–H groups in total. The van der Waals surface area contributed by atoms with Gasteiger partial charge in [-0.05, 0) is 53.7 Å². The quantitative estimate of drug-likeness (QED) is 0.849. The molecule has 2 aliphatic rings. The Morgan fingerprint density at radius 1 is 1.30 bits per heavy atom. The summed E-state index contributed by atoms with van der Waals surface area (Å²) in [6.07, 6.45) is 6.67. The van der Waals surface area contributed by atoms with Crippen LogP contribution in [0.15, 0.2) is 20.4 Å². The fourth-order valence-electron chi connectivity index (χ4n) is 3.41. The minimum atomic E-state index is -0.140. The zero-order valence-corrected chi connectivity index (χ0v) is 15.1. The zero-order valence-electron chi connectivity index (χ0n) is 12.7. The standard InChI is InChI=1S/C16H18BrN3O2S/c17-12-7-6-11(23-12)16(8-3-9-16)15-19-14(22-20-15)10-4-1-2-5-13(21)18-10/h6-7,10H,1-5,8-9H2,(H,18,21)/t10-/m1/s1. The van der Waals surface area contributed by atoms with Gasteiger partial charge in [0.05, 0.1) is 9.20 Å². The van der Waals surface area contributed by atoms with E-state index in [-0.39, 0.29) is 17.4 Å². The second kappa shape index (κ2) is 6.02. The van der Waals surface area contributed by atoms with Crippen LogP contribution in [0.25, 0.3) is 0 Å². The first-order valence-corrected chi connectivity index (χ1v) is 9.68. The average molecular weight is 396 g/mol. The van der Waals surface area contributed by atoms with Crippen LogP contribution in [-0.2, 0) is 10.2 Å². The number of aromatic nitrogens is 2. The number of hydrogen-bond donors (Lipinski definition) is 1. The molecule has 1 saturated carbocycles. The van der Waals surface area contributed by atoms with Gasteiger partial charge in [-0.1, -0.05) is 18.0 Å². The summed E-state index contributed by atoms with van der Waals surface area (Å²) in [6.45, 7) is 0. The van der Waals surface area contributed by atoms with Crippen LogP contribution in [0.1, 0.15) is 67.6 Å². The Balaban J connectivity index is 1.63. The fourth-order valence-corrected chi connectivity index (χ4v) is 5.04. The van der Waals surface area contributed by atoms with Gasteiger partial charge in [0, 0.05) is 11.3 Å². The molecule has 2 aromatic rings. The van der Waals surface area contributed by atoms with Crippen molar-refractivity contribution in [3.8, 4) is 0 Å². The molecule has 0 spiro atoms. The van der Waals surface area contributed by atoms with Gasteiger partial charge in [-0.3, -0.25) is 4.79 Å².